The fourth-order valence-electron chi connectivity index (χ4n) is 3.96. The van der Waals surface area contributed by atoms with Gasteiger partial charge in [0, 0.05) is 13.1 Å². The second-order valence-corrected chi connectivity index (χ2v) is 10.2. The van der Waals surface area contributed by atoms with Crippen molar-refractivity contribution in [1.82, 2.24) is 4.90 Å². The number of likely N-dealkylation sites (tertiary alicyclic amines) is 1. The predicted molar refractivity (Wildman–Crippen MR) is 127 cm³/mol. The van der Waals surface area contributed by atoms with E-state index >= 15 is 0 Å². The molecule has 0 aromatic heterocycles. The van der Waals surface area contributed by atoms with Gasteiger partial charge in [0.05, 0.1) is 23.2 Å². The third-order valence-electron chi connectivity index (χ3n) is 5.69. The molecule has 2 aromatic carbocycles. The summed E-state index contributed by atoms with van der Waals surface area (Å²) in [5, 5.41) is 2.79. The SMILES string of the molecule is Cc1ccc(N([C@@H](C)C(=O)Nc2ccccc2C(=O)N2CCCCCC2)S(C)(=O)=O)cc1. The molecule has 1 N–H and O–H groups in total. The monoisotopic (exact) mass is 457 g/mol. The van der Waals surface area contributed by atoms with Crippen LogP contribution in [0.3, 0.4) is 0 Å². The lowest BCUT2D eigenvalue weighted by Crippen LogP contribution is -2.45. The number of aryl methyl sites for hydroxylation is 1. The number of nitrogens with one attached hydrogen (secondary N) is 1. The maximum atomic E-state index is 13.1. The Balaban J connectivity index is 1.84. The Morgan fingerprint density at radius 3 is 2.16 bits per heavy atom. The summed E-state index contributed by atoms with van der Waals surface area (Å²) in [4.78, 5) is 28.1. The molecule has 0 spiro atoms. The van der Waals surface area contributed by atoms with E-state index in [2.05, 4.69) is 5.32 Å². The van der Waals surface area contributed by atoms with Crippen molar-refractivity contribution >= 4 is 33.2 Å². The number of sulfonamides is 1. The Hall–Kier alpha value is -2.87. The van der Waals surface area contributed by atoms with Crippen LogP contribution >= 0.6 is 0 Å². The van der Waals surface area contributed by atoms with Gasteiger partial charge in [-0.05, 0) is 51.0 Å². The number of hydrogen-bond acceptors (Lipinski definition) is 4. The first-order chi connectivity index (χ1) is 15.2. The van der Waals surface area contributed by atoms with E-state index in [1.165, 1.54) is 6.92 Å². The third-order valence-corrected chi connectivity index (χ3v) is 6.93. The average molecular weight is 458 g/mol. The smallest absolute Gasteiger partial charge is 0.255 e. The molecular formula is C24H31N3O4S. The number of carbonyl (C=O) groups excluding carboxylic acids is 2. The fraction of sp³-hybridized carbons (Fsp3) is 0.417. The summed E-state index contributed by atoms with van der Waals surface area (Å²) in [6.45, 7) is 4.85. The Morgan fingerprint density at radius 2 is 1.56 bits per heavy atom. The molecule has 0 unspecified atom stereocenters. The molecular weight excluding hydrogens is 426 g/mol. The zero-order valence-electron chi connectivity index (χ0n) is 18.9. The number of anilines is 2. The van der Waals surface area contributed by atoms with E-state index < -0.39 is 22.0 Å². The van der Waals surface area contributed by atoms with Crippen molar-refractivity contribution in [2.45, 2.75) is 45.6 Å². The van der Waals surface area contributed by atoms with E-state index in [0.29, 0.717) is 30.0 Å². The molecule has 1 atom stereocenters. The van der Waals surface area contributed by atoms with Gasteiger partial charge in [0.1, 0.15) is 6.04 Å². The van der Waals surface area contributed by atoms with Crippen molar-refractivity contribution < 1.29 is 18.0 Å². The quantitative estimate of drug-likeness (QED) is 0.715. The summed E-state index contributed by atoms with van der Waals surface area (Å²) in [7, 11) is -3.72. The number of hydrogen-bond donors (Lipinski definition) is 1. The average Bonchev–Trinajstić information content (AvgIpc) is 3.04. The van der Waals surface area contributed by atoms with Gasteiger partial charge >= 0.3 is 0 Å². The van der Waals surface area contributed by atoms with Crippen LogP contribution in [0, 0.1) is 6.92 Å². The van der Waals surface area contributed by atoms with Gasteiger partial charge in [0.2, 0.25) is 15.9 Å². The molecule has 0 radical (unpaired) electrons. The van der Waals surface area contributed by atoms with Gasteiger partial charge in [-0.25, -0.2) is 8.42 Å². The second-order valence-electron chi connectivity index (χ2n) is 8.31. The summed E-state index contributed by atoms with van der Waals surface area (Å²) < 4.78 is 26.1. The predicted octanol–water partition coefficient (Wildman–Crippen LogP) is 3.80. The largest absolute Gasteiger partial charge is 0.339 e. The molecule has 1 heterocycles. The Labute approximate surface area is 190 Å². The van der Waals surface area contributed by atoms with Crippen LogP contribution in [0.15, 0.2) is 48.5 Å². The lowest BCUT2D eigenvalue weighted by Gasteiger charge is -2.28. The van der Waals surface area contributed by atoms with E-state index in [-0.39, 0.29) is 5.91 Å². The lowest BCUT2D eigenvalue weighted by atomic mass is 10.1. The van der Waals surface area contributed by atoms with Gasteiger partial charge in [-0.15, -0.1) is 0 Å². The van der Waals surface area contributed by atoms with Crippen molar-refractivity contribution in [3.05, 3.63) is 59.7 Å². The second kappa shape index (κ2) is 10.2. The zero-order chi connectivity index (χ0) is 23.3. The normalized spacial score (nSPS) is 15.5. The minimum Gasteiger partial charge on any atom is -0.339 e. The first kappa shape index (κ1) is 23.8. The van der Waals surface area contributed by atoms with Gasteiger partial charge in [-0.1, -0.05) is 42.7 Å². The summed E-state index contributed by atoms with van der Waals surface area (Å²) in [5.74, 6) is -0.624. The highest BCUT2D eigenvalue weighted by Gasteiger charge is 2.30. The maximum absolute atomic E-state index is 13.1. The summed E-state index contributed by atoms with van der Waals surface area (Å²) in [6, 6.07) is 12.8. The molecule has 2 amide bonds. The molecule has 8 heteroatoms. The fourth-order valence-corrected chi connectivity index (χ4v) is 5.14. The van der Waals surface area contributed by atoms with Crippen molar-refractivity contribution in [2.75, 3.05) is 29.0 Å². The molecule has 0 saturated carbocycles. The van der Waals surface area contributed by atoms with Crippen molar-refractivity contribution in [3.63, 3.8) is 0 Å². The van der Waals surface area contributed by atoms with Gasteiger partial charge in [-0.2, -0.15) is 0 Å². The first-order valence-corrected chi connectivity index (χ1v) is 12.8. The summed E-state index contributed by atoms with van der Waals surface area (Å²) in [6.07, 6.45) is 5.24. The van der Waals surface area contributed by atoms with Crippen LogP contribution in [0.5, 0.6) is 0 Å². The van der Waals surface area contributed by atoms with Crippen LogP contribution in [-0.2, 0) is 14.8 Å². The van der Waals surface area contributed by atoms with Crippen LogP contribution in [0.2, 0.25) is 0 Å². The molecule has 1 aliphatic rings. The summed E-state index contributed by atoms with van der Waals surface area (Å²) >= 11 is 0. The van der Waals surface area contributed by atoms with Crippen molar-refractivity contribution in [2.24, 2.45) is 0 Å². The van der Waals surface area contributed by atoms with Gasteiger partial charge in [0.15, 0.2) is 0 Å². The topological polar surface area (TPSA) is 86.8 Å². The molecule has 7 nitrogen and oxygen atoms in total. The van der Waals surface area contributed by atoms with E-state index in [1.54, 1.807) is 48.5 Å². The van der Waals surface area contributed by atoms with Crippen LogP contribution in [0.25, 0.3) is 0 Å². The number of amides is 2. The van der Waals surface area contributed by atoms with E-state index in [9.17, 15) is 18.0 Å². The number of nitrogens with zero attached hydrogens (tertiary/aromatic N) is 2. The van der Waals surface area contributed by atoms with Crippen molar-refractivity contribution in [1.29, 1.82) is 0 Å². The van der Waals surface area contributed by atoms with Gasteiger partial charge < -0.3 is 10.2 Å². The Bertz CT molecular complexity index is 1060. The van der Waals surface area contributed by atoms with Crippen molar-refractivity contribution in [3.8, 4) is 0 Å². The van der Waals surface area contributed by atoms with Gasteiger partial charge in [-0.3, -0.25) is 13.9 Å². The summed E-state index contributed by atoms with van der Waals surface area (Å²) in [5.41, 5.74) is 2.20. The van der Waals surface area contributed by atoms with Crippen LogP contribution < -0.4 is 9.62 Å². The minimum absolute atomic E-state index is 0.117. The highest BCUT2D eigenvalue weighted by atomic mass is 32.2. The minimum atomic E-state index is -3.72. The Morgan fingerprint density at radius 1 is 0.969 bits per heavy atom. The van der Waals surface area contributed by atoms with Crippen LogP contribution in [-0.4, -0.2) is 50.5 Å². The maximum Gasteiger partial charge on any atom is 0.255 e. The molecule has 32 heavy (non-hydrogen) atoms. The molecule has 3 rings (SSSR count). The number of para-hydroxylation sites is 1. The van der Waals surface area contributed by atoms with E-state index in [4.69, 9.17) is 0 Å². The van der Waals surface area contributed by atoms with Gasteiger partial charge in [0.25, 0.3) is 5.91 Å². The lowest BCUT2D eigenvalue weighted by molar-refractivity contribution is -0.116. The third kappa shape index (κ3) is 5.68. The number of rotatable bonds is 6. The van der Waals surface area contributed by atoms with Crippen LogP contribution in [0.1, 0.15) is 48.5 Å². The van der Waals surface area contributed by atoms with Crippen LogP contribution in [0.4, 0.5) is 11.4 Å². The standard InChI is InChI=1S/C24H31N3O4S/c1-18-12-14-20(15-13-18)27(32(3,30)31)19(2)23(28)25-22-11-7-6-10-21(22)24(29)26-16-8-4-5-9-17-26/h6-7,10-15,19H,4-5,8-9,16-17H2,1-3H3,(H,25,28)/t19-/m0/s1. The highest BCUT2D eigenvalue weighted by Crippen LogP contribution is 2.24. The van der Waals surface area contributed by atoms with E-state index in [0.717, 1.165) is 41.8 Å². The molecule has 1 saturated heterocycles. The molecule has 0 aliphatic carbocycles. The number of carbonyl (C=O) groups is 2. The molecule has 1 fully saturated rings. The molecule has 2 aromatic rings. The molecule has 172 valence electrons. The zero-order valence-corrected chi connectivity index (χ0v) is 19.7. The number of benzene rings is 2. The first-order valence-electron chi connectivity index (χ1n) is 10.9. The highest BCUT2D eigenvalue weighted by molar-refractivity contribution is 7.92. The molecule has 1 aliphatic heterocycles. The van der Waals surface area contributed by atoms with E-state index in [1.807, 2.05) is 11.8 Å². The Kier molecular flexibility index (Phi) is 7.56. The molecule has 0 bridgehead atoms.